The van der Waals surface area contributed by atoms with Crippen LogP contribution in [0.2, 0.25) is 0 Å². The fourth-order valence-corrected chi connectivity index (χ4v) is 3.98. The highest BCUT2D eigenvalue weighted by atomic mass is 32.2. The standard InChI is InChI=1S/C15H20N2O9S/c1-8-7-17(14(21)16-11(8)18)9-5-10(26-27(4,22)23)15(6-9,12(19)24-2)13(20)25-3/h7,9-10H,5-6H2,1-4H3,(H,16,18,21)/t9-,10-/m0/s1. The number of carbonyl (C=O) groups is 2. The molecule has 0 unspecified atom stereocenters. The van der Waals surface area contributed by atoms with Gasteiger partial charge in [0.15, 0.2) is 5.41 Å². The average molecular weight is 404 g/mol. The van der Waals surface area contributed by atoms with Crippen molar-refractivity contribution in [2.45, 2.75) is 31.9 Å². The predicted molar refractivity (Wildman–Crippen MR) is 90.5 cm³/mol. The van der Waals surface area contributed by atoms with Crippen LogP contribution >= 0.6 is 0 Å². The Bertz CT molecular complexity index is 960. The number of H-pyrrole nitrogens is 1. The molecule has 0 aromatic carbocycles. The lowest BCUT2D eigenvalue weighted by molar-refractivity contribution is -0.174. The number of methoxy groups -OCH3 is 2. The first-order chi connectivity index (χ1) is 12.5. The summed E-state index contributed by atoms with van der Waals surface area (Å²) >= 11 is 0. The molecule has 1 aromatic heterocycles. The zero-order valence-corrected chi connectivity index (χ0v) is 16.0. The van der Waals surface area contributed by atoms with Crippen molar-refractivity contribution in [2.75, 3.05) is 20.5 Å². The highest BCUT2D eigenvalue weighted by Gasteiger charge is 2.62. The molecule has 27 heavy (non-hydrogen) atoms. The number of esters is 2. The Kier molecular flexibility index (Phi) is 5.61. The molecule has 1 aliphatic rings. The van der Waals surface area contributed by atoms with E-state index >= 15 is 0 Å². The van der Waals surface area contributed by atoms with Gasteiger partial charge in [-0.3, -0.25) is 28.1 Å². The number of carbonyl (C=O) groups excluding carboxylic acids is 2. The molecule has 1 N–H and O–H groups in total. The molecule has 12 heteroatoms. The summed E-state index contributed by atoms with van der Waals surface area (Å²) in [7, 11) is -1.98. The Morgan fingerprint density at radius 1 is 1.22 bits per heavy atom. The SMILES string of the molecule is COC(=O)C1(C(=O)OC)C[C@@H](n2cc(C)c(=O)[nH]c2=O)C[C@@H]1OS(C)(=O)=O. The molecule has 0 saturated heterocycles. The molecule has 0 aliphatic heterocycles. The number of nitrogens with one attached hydrogen (secondary N) is 1. The largest absolute Gasteiger partial charge is 0.468 e. The van der Waals surface area contributed by atoms with Crippen molar-refractivity contribution in [1.29, 1.82) is 0 Å². The summed E-state index contributed by atoms with van der Waals surface area (Å²) in [6.07, 6.45) is 0.112. The summed E-state index contributed by atoms with van der Waals surface area (Å²) in [5.74, 6) is -2.08. The average Bonchev–Trinajstić information content (AvgIpc) is 2.94. The number of aryl methyl sites for hydroxylation is 1. The van der Waals surface area contributed by atoms with Gasteiger partial charge in [0, 0.05) is 17.8 Å². The molecular formula is C15H20N2O9S. The number of rotatable bonds is 5. The molecule has 1 aliphatic carbocycles. The highest BCUT2D eigenvalue weighted by molar-refractivity contribution is 7.86. The molecule has 11 nitrogen and oxygen atoms in total. The van der Waals surface area contributed by atoms with Gasteiger partial charge in [0.1, 0.15) is 6.10 Å². The van der Waals surface area contributed by atoms with Gasteiger partial charge in [0.05, 0.1) is 20.5 Å². The maximum Gasteiger partial charge on any atom is 0.328 e. The van der Waals surface area contributed by atoms with Gasteiger partial charge in [-0.1, -0.05) is 0 Å². The molecule has 0 radical (unpaired) electrons. The summed E-state index contributed by atoms with van der Waals surface area (Å²) in [6, 6.07) is -0.821. The Labute approximate surface area is 154 Å². The molecule has 2 rings (SSSR count). The van der Waals surface area contributed by atoms with Crippen molar-refractivity contribution in [1.82, 2.24) is 9.55 Å². The second-order valence-electron chi connectivity index (χ2n) is 6.32. The van der Waals surface area contributed by atoms with Crippen LogP contribution < -0.4 is 11.2 Å². The third-order valence-electron chi connectivity index (χ3n) is 4.52. The third kappa shape index (κ3) is 3.81. The Morgan fingerprint density at radius 3 is 2.26 bits per heavy atom. The first-order valence-electron chi connectivity index (χ1n) is 7.83. The smallest absolute Gasteiger partial charge is 0.328 e. The van der Waals surface area contributed by atoms with Crippen LogP contribution in [-0.4, -0.2) is 56.5 Å². The molecule has 1 saturated carbocycles. The van der Waals surface area contributed by atoms with E-state index in [4.69, 9.17) is 13.7 Å². The van der Waals surface area contributed by atoms with Crippen LogP contribution in [0.3, 0.4) is 0 Å². The normalized spacial score (nSPS) is 21.6. The number of aromatic amines is 1. The highest BCUT2D eigenvalue weighted by Crippen LogP contribution is 2.48. The summed E-state index contributed by atoms with van der Waals surface area (Å²) in [6.45, 7) is 1.47. The van der Waals surface area contributed by atoms with E-state index in [1.165, 1.54) is 13.1 Å². The number of ether oxygens (including phenoxy) is 2. The lowest BCUT2D eigenvalue weighted by Crippen LogP contribution is -2.48. The first kappa shape index (κ1) is 20.8. The summed E-state index contributed by atoms with van der Waals surface area (Å²) in [5, 5.41) is 0. The number of hydrogen-bond acceptors (Lipinski definition) is 9. The number of nitrogens with zero attached hydrogens (tertiary/aromatic N) is 1. The van der Waals surface area contributed by atoms with E-state index in [1.54, 1.807) is 0 Å². The molecule has 0 amide bonds. The number of aromatic nitrogens is 2. The summed E-state index contributed by atoms with van der Waals surface area (Å²) in [4.78, 5) is 50.8. The van der Waals surface area contributed by atoms with E-state index in [9.17, 15) is 27.6 Å². The minimum Gasteiger partial charge on any atom is -0.468 e. The van der Waals surface area contributed by atoms with Gasteiger partial charge >= 0.3 is 17.6 Å². The van der Waals surface area contributed by atoms with Crippen molar-refractivity contribution >= 4 is 22.1 Å². The summed E-state index contributed by atoms with van der Waals surface area (Å²) in [5.41, 5.74) is -3.20. The van der Waals surface area contributed by atoms with Crippen LogP contribution in [0.1, 0.15) is 24.4 Å². The molecule has 0 bridgehead atoms. The van der Waals surface area contributed by atoms with Crippen LogP contribution in [0.25, 0.3) is 0 Å². The molecule has 150 valence electrons. The first-order valence-corrected chi connectivity index (χ1v) is 9.65. The van der Waals surface area contributed by atoms with Crippen LogP contribution in [0.15, 0.2) is 15.8 Å². The van der Waals surface area contributed by atoms with Crippen LogP contribution in [0, 0.1) is 12.3 Å². The van der Waals surface area contributed by atoms with Crippen LogP contribution in [0.5, 0.6) is 0 Å². The third-order valence-corrected chi connectivity index (χ3v) is 5.10. The van der Waals surface area contributed by atoms with E-state index in [0.717, 1.165) is 25.0 Å². The molecule has 1 aromatic rings. The van der Waals surface area contributed by atoms with Gasteiger partial charge in [0.25, 0.3) is 15.7 Å². The van der Waals surface area contributed by atoms with Gasteiger partial charge in [-0.2, -0.15) is 8.42 Å². The molecule has 2 atom stereocenters. The minimum atomic E-state index is -4.05. The van der Waals surface area contributed by atoms with Crippen LogP contribution in [-0.2, 0) is 33.4 Å². The monoisotopic (exact) mass is 404 g/mol. The Morgan fingerprint density at radius 2 is 1.78 bits per heavy atom. The van der Waals surface area contributed by atoms with E-state index in [2.05, 4.69) is 4.98 Å². The van der Waals surface area contributed by atoms with Crippen molar-refractivity contribution in [3.05, 3.63) is 32.6 Å². The van der Waals surface area contributed by atoms with Crippen LogP contribution in [0.4, 0.5) is 0 Å². The Hall–Kier alpha value is -2.47. The lowest BCUT2D eigenvalue weighted by atomic mass is 9.84. The van der Waals surface area contributed by atoms with Gasteiger partial charge in [-0.05, 0) is 19.8 Å². The zero-order chi connectivity index (χ0) is 20.6. The van der Waals surface area contributed by atoms with Gasteiger partial charge < -0.3 is 9.47 Å². The van der Waals surface area contributed by atoms with Crippen molar-refractivity contribution < 1.29 is 31.7 Å². The molecule has 1 fully saturated rings. The van der Waals surface area contributed by atoms with Gasteiger partial charge in [-0.25, -0.2) is 4.79 Å². The number of hydrogen-bond donors (Lipinski definition) is 1. The van der Waals surface area contributed by atoms with E-state index in [1.807, 2.05) is 0 Å². The molecule has 1 heterocycles. The fraction of sp³-hybridized carbons (Fsp3) is 0.600. The molecular weight excluding hydrogens is 384 g/mol. The molecule has 0 spiro atoms. The van der Waals surface area contributed by atoms with Crippen molar-refractivity contribution in [3.63, 3.8) is 0 Å². The fourth-order valence-electron chi connectivity index (χ4n) is 3.31. The Balaban J connectivity index is 2.62. The maximum atomic E-state index is 12.5. The second-order valence-corrected chi connectivity index (χ2v) is 7.92. The minimum absolute atomic E-state index is 0.178. The van der Waals surface area contributed by atoms with E-state index in [0.29, 0.717) is 0 Å². The van der Waals surface area contributed by atoms with Crippen molar-refractivity contribution in [2.24, 2.45) is 5.41 Å². The van der Waals surface area contributed by atoms with Crippen molar-refractivity contribution in [3.8, 4) is 0 Å². The zero-order valence-electron chi connectivity index (χ0n) is 15.2. The summed E-state index contributed by atoms with van der Waals surface area (Å²) < 4.78 is 38.8. The van der Waals surface area contributed by atoms with Gasteiger partial charge in [0.2, 0.25) is 0 Å². The van der Waals surface area contributed by atoms with E-state index in [-0.39, 0.29) is 18.4 Å². The topological polar surface area (TPSA) is 151 Å². The predicted octanol–water partition coefficient (Wildman–Crippen LogP) is -1.14. The van der Waals surface area contributed by atoms with Gasteiger partial charge in [-0.15, -0.1) is 0 Å². The van der Waals surface area contributed by atoms with E-state index < -0.39 is 50.9 Å². The lowest BCUT2D eigenvalue weighted by Gasteiger charge is -2.28. The maximum absolute atomic E-state index is 12.5. The second kappa shape index (κ2) is 7.27. The quantitative estimate of drug-likeness (QED) is 0.365.